The molecule has 1 unspecified atom stereocenters. The van der Waals surface area contributed by atoms with E-state index in [0.717, 1.165) is 48.6 Å². The van der Waals surface area contributed by atoms with Crippen molar-refractivity contribution in [1.82, 2.24) is 9.88 Å². The quantitative estimate of drug-likeness (QED) is 0.720. The summed E-state index contributed by atoms with van der Waals surface area (Å²) in [5.74, 6) is 0.818. The molecular weight excluding hydrogens is 360 g/mol. The first-order chi connectivity index (χ1) is 13.1. The molecule has 0 aliphatic carbocycles. The lowest BCUT2D eigenvalue weighted by molar-refractivity contribution is 0.0844. The van der Waals surface area contributed by atoms with Crippen molar-refractivity contribution in [1.29, 1.82) is 0 Å². The molecule has 0 amide bonds. The third-order valence-electron chi connectivity index (χ3n) is 5.02. The Kier molecular flexibility index (Phi) is 5.19. The van der Waals surface area contributed by atoms with Gasteiger partial charge in [0.05, 0.1) is 0 Å². The number of hydrogen-bond acceptors (Lipinski definition) is 3. The molecule has 2 heterocycles. The van der Waals surface area contributed by atoms with Gasteiger partial charge in [0, 0.05) is 29.7 Å². The van der Waals surface area contributed by atoms with Crippen molar-refractivity contribution in [2.24, 2.45) is 0 Å². The molecule has 1 fully saturated rings. The molecule has 4 rings (SSSR count). The summed E-state index contributed by atoms with van der Waals surface area (Å²) in [4.78, 5) is 17.0. The Morgan fingerprint density at radius 2 is 2.11 bits per heavy atom. The normalized spacial score (nSPS) is 17.9. The molecule has 2 aromatic carbocycles. The van der Waals surface area contributed by atoms with Gasteiger partial charge in [-0.2, -0.15) is 0 Å². The van der Waals surface area contributed by atoms with Gasteiger partial charge in [0.1, 0.15) is 11.9 Å². The van der Waals surface area contributed by atoms with Crippen LogP contribution in [0.4, 0.5) is 0 Å². The topological polar surface area (TPSA) is 45.3 Å². The second kappa shape index (κ2) is 7.75. The highest BCUT2D eigenvalue weighted by Crippen LogP contribution is 2.23. The maximum Gasteiger partial charge on any atom is 0.255 e. The molecule has 0 saturated carbocycles. The molecule has 1 N–H and O–H groups in total. The number of fused-ring (bicyclic) bond motifs is 1. The average molecular weight is 383 g/mol. The zero-order valence-electron chi connectivity index (χ0n) is 15.4. The summed E-state index contributed by atoms with van der Waals surface area (Å²) >= 11 is 6.19. The number of aryl methyl sites for hydroxylation is 1. The number of nitrogens with zero attached hydrogens (tertiary/aromatic N) is 1. The van der Waals surface area contributed by atoms with Crippen LogP contribution < -0.4 is 10.3 Å². The van der Waals surface area contributed by atoms with Gasteiger partial charge in [-0.1, -0.05) is 17.7 Å². The van der Waals surface area contributed by atoms with Gasteiger partial charge >= 0.3 is 0 Å². The maximum absolute atomic E-state index is 11.8. The second-order valence-electron chi connectivity index (χ2n) is 7.31. The van der Waals surface area contributed by atoms with Crippen LogP contribution in [0, 0.1) is 6.92 Å². The zero-order chi connectivity index (χ0) is 18.8. The predicted molar refractivity (Wildman–Crippen MR) is 110 cm³/mol. The number of nitrogens with one attached hydrogen (secondary N) is 1. The Balaban J connectivity index is 1.44. The molecule has 1 aromatic heterocycles. The van der Waals surface area contributed by atoms with Crippen LogP contribution in [0.5, 0.6) is 5.75 Å². The Bertz CT molecular complexity index is 994. The van der Waals surface area contributed by atoms with Crippen molar-refractivity contribution < 1.29 is 4.74 Å². The third-order valence-corrected chi connectivity index (χ3v) is 5.24. The molecule has 0 radical (unpaired) electrons. The van der Waals surface area contributed by atoms with E-state index in [-0.39, 0.29) is 11.7 Å². The van der Waals surface area contributed by atoms with Gasteiger partial charge in [0.2, 0.25) is 0 Å². The molecule has 0 bridgehead atoms. The number of benzene rings is 2. The zero-order valence-corrected chi connectivity index (χ0v) is 16.1. The summed E-state index contributed by atoms with van der Waals surface area (Å²) in [6.45, 7) is 4.91. The largest absolute Gasteiger partial charge is 0.489 e. The van der Waals surface area contributed by atoms with Crippen molar-refractivity contribution in [3.05, 3.63) is 75.2 Å². The predicted octanol–water partition coefficient (Wildman–Crippen LogP) is 4.53. The number of aromatic nitrogens is 1. The minimum absolute atomic E-state index is 0.0697. The van der Waals surface area contributed by atoms with Gasteiger partial charge < -0.3 is 9.72 Å². The standard InChI is InChI=1S/C22H23ClN2O2/c1-15-9-16(11-18(23)10-15)13-25-8-2-3-20(14-25)27-19-4-5-21-17(12-19)6-7-24-22(21)26/h4-7,9-12,20H,2-3,8,13-14H2,1H3,(H,24,26). The number of hydrogen-bond donors (Lipinski definition) is 1. The molecular formula is C22H23ClN2O2. The fourth-order valence-electron chi connectivity index (χ4n) is 3.85. The van der Waals surface area contributed by atoms with Crippen LogP contribution in [-0.2, 0) is 6.54 Å². The van der Waals surface area contributed by atoms with E-state index in [4.69, 9.17) is 16.3 Å². The van der Waals surface area contributed by atoms with Crippen molar-refractivity contribution in [3.8, 4) is 5.75 Å². The smallest absolute Gasteiger partial charge is 0.255 e. The Labute approximate surface area is 163 Å². The lowest BCUT2D eigenvalue weighted by Gasteiger charge is -2.33. The summed E-state index contributed by atoms with van der Waals surface area (Å²) in [5.41, 5.74) is 2.36. The fraction of sp³-hybridized carbons (Fsp3) is 0.318. The van der Waals surface area contributed by atoms with E-state index in [1.807, 2.05) is 36.4 Å². The highest BCUT2D eigenvalue weighted by Gasteiger charge is 2.21. The highest BCUT2D eigenvalue weighted by atomic mass is 35.5. The molecule has 5 heteroatoms. The highest BCUT2D eigenvalue weighted by molar-refractivity contribution is 6.30. The number of pyridine rings is 1. The van der Waals surface area contributed by atoms with Crippen molar-refractivity contribution in [2.45, 2.75) is 32.4 Å². The molecule has 1 atom stereocenters. The molecule has 1 saturated heterocycles. The maximum atomic E-state index is 11.8. The molecule has 1 aliphatic rings. The monoisotopic (exact) mass is 382 g/mol. The minimum Gasteiger partial charge on any atom is -0.489 e. The number of ether oxygens (including phenoxy) is 1. The number of halogens is 1. The van der Waals surface area contributed by atoms with E-state index in [2.05, 4.69) is 22.9 Å². The first-order valence-electron chi connectivity index (χ1n) is 9.33. The van der Waals surface area contributed by atoms with Crippen LogP contribution in [0.2, 0.25) is 5.02 Å². The molecule has 0 spiro atoms. The van der Waals surface area contributed by atoms with Crippen molar-refractivity contribution in [3.63, 3.8) is 0 Å². The van der Waals surface area contributed by atoms with Gasteiger partial charge in [0.25, 0.3) is 5.56 Å². The van der Waals surface area contributed by atoms with Crippen molar-refractivity contribution >= 4 is 22.4 Å². The average Bonchev–Trinajstić information content (AvgIpc) is 2.61. The van der Waals surface area contributed by atoms with Crippen LogP contribution in [0.25, 0.3) is 10.8 Å². The number of rotatable bonds is 4. The summed E-state index contributed by atoms with van der Waals surface area (Å²) in [6.07, 6.45) is 3.97. The number of H-pyrrole nitrogens is 1. The van der Waals surface area contributed by atoms with E-state index < -0.39 is 0 Å². The lowest BCUT2D eigenvalue weighted by Crippen LogP contribution is -2.40. The fourth-order valence-corrected chi connectivity index (χ4v) is 4.16. The number of piperidine rings is 1. The van der Waals surface area contributed by atoms with Crippen molar-refractivity contribution in [2.75, 3.05) is 13.1 Å². The van der Waals surface area contributed by atoms with Crippen LogP contribution in [0.15, 0.2) is 53.5 Å². The summed E-state index contributed by atoms with van der Waals surface area (Å²) in [7, 11) is 0. The van der Waals surface area contributed by atoms with E-state index in [0.29, 0.717) is 5.39 Å². The van der Waals surface area contributed by atoms with E-state index in [1.165, 1.54) is 11.1 Å². The molecule has 3 aromatic rings. The second-order valence-corrected chi connectivity index (χ2v) is 7.75. The Morgan fingerprint density at radius 3 is 2.96 bits per heavy atom. The molecule has 27 heavy (non-hydrogen) atoms. The minimum atomic E-state index is -0.0697. The summed E-state index contributed by atoms with van der Waals surface area (Å²) in [5, 5.41) is 2.38. The van der Waals surface area contributed by atoms with E-state index in [1.54, 1.807) is 6.20 Å². The van der Waals surface area contributed by atoms with E-state index >= 15 is 0 Å². The van der Waals surface area contributed by atoms with Gasteiger partial charge in [0.15, 0.2) is 0 Å². The van der Waals surface area contributed by atoms with Gasteiger partial charge in [-0.3, -0.25) is 9.69 Å². The van der Waals surface area contributed by atoms with Crippen LogP contribution in [0.3, 0.4) is 0 Å². The van der Waals surface area contributed by atoms with Gasteiger partial charge in [-0.25, -0.2) is 0 Å². The number of likely N-dealkylation sites (tertiary alicyclic amines) is 1. The number of aromatic amines is 1. The SMILES string of the molecule is Cc1cc(Cl)cc(CN2CCCC(Oc3ccc4c(=O)[nH]ccc4c3)C2)c1. The molecule has 4 nitrogen and oxygen atoms in total. The van der Waals surface area contributed by atoms with Crippen LogP contribution in [0.1, 0.15) is 24.0 Å². The third kappa shape index (κ3) is 4.34. The Morgan fingerprint density at radius 1 is 1.22 bits per heavy atom. The van der Waals surface area contributed by atoms with E-state index in [9.17, 15) is 4.79 Å². The van der Waals surface area contributed by atoms with Gasteiger partial charge in [-0.05, 0) is 79.2 Å². The van der Waals surface area contributed by atoms with Crippen LogP contribution in [-0.4, -0.2) is 29.1 Å². The van der Waals surface area contributed by atoms with Gasteiger partial charge in [-0.15, -0.1) is 0 Å². The summed E-state index contributed by atoms with van der Waals surface area (Å²) in [6, 6.07) is 13.8. The molecule has 140 valence electrons. The van der Waals surface area contributed by atoms with Crippen LogP contribution >= 0.6 is 11.6 Å². The lowest BCUT2D eigenvalue weighted by atomic mass is 10.1. The summed E-state index contributed by atoms with van der Waals surface area (Å²) < 4.78 is 6.24. The molecule has 1 aliphatic heterocycles. The Hall–Kier alpha value is -2.30. The first-order valence-corrected chi connectivity index (χ1v) is 9.71. The first kappa shape index (κ1) is 18.1.